The summed E-state index contributed by atoms with van der Waals surface area (Å²) in [6.07, 6.45) is -1.23. The fourth-order valence-corrected chi connectivity index (χ4v) is 0.358. The van der Waals surface area contributed by atoms with Crippen LogP contribution in [0.15, 0.2) is 0 Å². The molecule has 0 aromatic rings. The summed E-state index contributed by atoms with van der Waals surface area (Å²) in [5.41, 5.74) is 0. The minimum absolute atomic E-state index is 0.494. The fraction of sp³-hybridized carbons (Fsp3) is 0.600. The first-order chi connectivity index (χ1) is 4.33. The van der Waals surface area contributed by atoms with Crippen LogP contribution in [-0.4, -0.2) is 22.8 Å². The lowest BCUT2D eigenvalue weighted by Crippen LogP contribution is -2.22. The van der Waals surface area contributed by atoms with Gasteiger partial charge in [-0.15, -0.1) is 0 Å². The first kappa shape index (κ1) is 9.00. The maximum absolute atomic E-state index is 11.8. The van der Waals surface area contributed by atoms with Crippen molar-refractivity contribution in [2.75, 3.05) is 0 Å². The Balaban J connectivity index is 3.93. The molecule has 0 saturated carbocycles. The number of hydrogen-bond donors (Lipinski definition) is 1. The van der Waals surface area contributed by atoms with Crippen LogP contribution in [-0.2, 0) is 9.59 Å². The number of aliphatic carboxylic acids is 1. The van der Waals surface area contributed by atoms with Crippen molar-refractivity contribution >= 4 is 11.8 Å². The molecule has 0 spiro atoms. The number of rotatable bonds is 3. The maximum atomic E-state index is 11.8. The quantitative estimate of drug-likeness (QED) is 0.605. The van der Waals surface area contributed by atoms with Gasteiger partial charge in [-0.25, -0.2) is 13.6 Å². The number of hydrogen-bond acceptors (Lipinski definition) is 2. The number of carboxylic acid groups (broad SMARTS) is 1. The van der Waals surface area contributed by atoms with Crippen LogP contribution in [0, 0.1) is 0 Å². The van der Waals surface area contributed by atoms with Crippen molar-refractivity contribution in [1.29, 1.82) is 0 Å². The number of ketones is 1. The van der Waals surface area contributed by atoms with E-state index in [1.807, 2.05) is 0 Å². The minimum Gasteiger partial charge on any atom is -0.475 e. The van der Waals surface area contributed by atoms with Crippen LogP contribution in [0.2, 0.25) is 0 Å². The molecule has 1 N–H and O–H groups in total. The molecule has 5 heteroatoms. The molecule has 0 aromatic carbocycles. The second-order valence-corrected chi connectivity index (χ2v) is 1.98. The molecule has 0 amide bonds. The summed E-state index contributed by atoms with van der Waals surface area (Å²) in [5.74, 6) is -6.51. The molecule has 0 bridgehead atoms. The zero-order valence-corrected chi connectivity index (χ0v) is 5.23. The van der Waals surface area contributed by atoms with E-state index >= 15 is 0 Å². The Labute approximate surface area is 55.6 Å². The van der Waals surface area contributed by atoms with Gasteiger partial charge >= 0.3 is 5.97 Å². The Kier molecular flexibility index (Phi) is 2.45. The Hall–Kier alpha value is -1.00. The van der Waals surface area contributed by atoms with Crippen LogP contribution in [0.3, 0.4) is 0 Å². The van der Waals surface area contributed by atoms with Crippen molar-refractivity contribution in [1.82, 2.24) is 0 Å². The Morgan fingerprint density at radius 2 is 1.90 bits per heavy atom. The molecule has 0 unspecified atom stereocenters. The molecule has 3 nitrogen and oxygen atoms in total. The van der Waals surface area contributed by atoms with E-state index in [1.54, 1.807) is 0 Å². The summed E-state index contributed by atoms with van der Waals surface area (Å²) in [6, 6.07) is 0. The zero-order chi connectivity index (χ0) is 8.36. The summed E-state index contributed by atoms with van der Waals surface area (Å²) in [4.78, 5) is 19.8. The third-order valence-electron chi connectivity index (χ3n) is 0.710. The van der Waals surface area contributed by atoms with Gasteiger partial charge in [0, 0.05) is 0 Å². The number of Topliss-reactive ketones (excluding diaryl/α,β-unsaturated/α-hetero) is 1. The Bertz CT molecular complexity index is 159. The van der Waals surface area contributed by atoms with Gasteiger partial charge in [0.15, 0.2) is 0 Å². The van der Waals surface area contributed by atoms with Crippen LogP contribution in [0.5, 0.6) is 0 Å². The lowest BCUT2D eigenvalue weighted by molar-refractivity contribution is -0.152. The van der Waals surface area contributed by atoms with Crippen molar-refractivity contribution in [2.45, 2.75) is 19.3 Å². The van der Waals surface area contributed by atoms with E-state index in [4.69, 9.17) is 5.11 Å². The van der Waals surface area contributed by atoms with Crippen molar-refractivity contribution in [3.8, 4) is 0 Å². The van der Waals surface area contributed by atoms with Gasteiger partial charge in [-0.3, -0.25) is 4.79 Å². The second kappa shape index (κ2) is 2.72. The van der Waals surface area contributed by atoms with Gasteiger partial charge in [-0.05, 0) is 6.92 Å². The highest BCUT2D eigenvalue weighted by Crippen LogP contribution is 2.16. The van der Waals surface area contributed by atoms with Gasteiger partial charge in [-0.1, -0.05) is 0 Å². The van der Waals surface area contributed by atoms with E-state index < -0.39 is 24.1 Å². The van der Waals surface area contributed by atoms with Gasteiger partial charge in [0.25, 0.3) is 5.92 Å². The molecule has 0 fully saturated rings. The predicted molar refractivity (Wildman–Crippen MR) is 27.9 cm³/mol. The summed E-state index contributed by atoms with van der Waals surface area (Å²) >= 11 is 0. The van der Waals surface area contributed by atoms with Crippen LogP contribution in [0.25, 0.3) is 0 Å². The molecule has 0 atom stereocenters. The van der Waals surface area contributed by atoms with Gasteiger partial charge in [-0.2, -0.15) is 0 Å². The highest BCUT2D eigenvalue weighted by Gasteiger charge is 2.28. The third kappa shape index (κ3) is 3.94. The number of carboxylic acids is 1. The molecule has 0 aliphatic rings. The molecule has 0 saturated heterocycles. The fourth-order valence-electron chi connectivity index (χ4n) is 0.358. The lowest BCUT2D eigenvalue weighted by Gasteiger charge is -2.04. The molecule has 0 aliphatic carbocycles. The molecular formula is C5H6F2O3. The molecule has 0 aromatic heterocycles. The predicted octanol–water partition coefficient (Wildman–Crippen LogP) is 0.685. The average Bonchev–Trinajstić information content (AvgIpc) is 1.60. The van der Waals surface area contributed by atoms with Crippen LogP contribution in [0.1, 0.15) is 13.3 Å². The standard InChI is InChI=1S/C5H6F2O3/c1-5(6,7)2-3(8)4(9)10/h2H2,1H3,(H,9,10). The smallest absolute Gasteiger partial charge is 0.372 e. The molecule has 0 heterocycles. The summed E-state index contributed by atoms with van der Waals surface area (Å²) in [7, 11) is 0. The minimum atomic E-state index is -3.23. The number of carbonyl (C=O) groups is 2. The average molecular weight is 152 g/mol. The molecule has 0 radical (unpaired) electrons. The van der Waals surface area contributed by atoms with E-state index in [-0.39, 0.29) is 0 Å². The highest BCUT2D eigenvalue weighted by molar-refractivity contribution is 6.32. The second-order valence-electron chi connectivity index (χ2n) is 1.98. The summed E-state index contributed by atoms with van der Waals surface area (Å²) in [6.45, 7) is 0.494. The molecule has 0 aliphatic heterocycles. The summed E-state index contributed by atoms with van der Waals surface area (Å²) < 4.78 is 23.7. The largest absolute Gasteiger partial charge is 0.475 e. The van der Waals surface area contributed by atoms with Gasteiger partial charge in [0.05, 0.1) is 6.42 Å². The van der Waals surface area contributed by atoms with Crippen molar-refractivity contribution < 1.29 is 23.5 Å². The highest BCUT2D eigenvalue weighted by atomic mass is 19.3. The lowest BCUT2D eigenvalue weighted by atomic mass is 10.2. The topological polar surface area (TPSA) is 54.4 Å². The Morgan fingerprint density at radius 3 is 2.00 bits per heavy atom. The van der Waals surface area contributed by atoms with Crippen molar-refractivity contribution in [2.24, 2.45) is 0 Å². The first-order valence-electron chi connectivity index (χ1n) is 2.47. The van der Waals surface area contributed by atoms with Crippen molar-refractivity contribution in [3.05, 3.63) is 0 Å². The third-order valence-corrected chi connectivity index (χ3v) is 0.710. The van der Waals surface area contributed by atoms with E-state index in [0.29, 0.717) is 6.92 Å². The van der Waals surface area contributed by atoms with E-state index in [2.05, 4.69) is 0 Å². The Morgan fingerprint density at radius 1 is 1.50 bits per heavy atom. The number of carbonyl (C=O) groups excluding carboxylic acids is 1. The van der Waals surface area contributed by atoms with E-state index in [9.17, 15) is 18.4 Å². The van der Waals surface area contributed by atoms with Crippen LogP contribution < -0.4 is 0 Å². The van der Waals surface area contributed by atoms with Gasteiger partial charge in [0.1, 0.15) is 0 Å². The first-order valence-corrected chi connectivity index (χ1v) is 2.47. The van der Waals surface area contributed by atoms with E-state index in [0.717, 1.165) is 0 Å². The number of alkyl halides is 2. The normalized spacial score (nSPS) is 11.1. The van der Waals surface area contributed by atoms with Crippen LogP contribution >= 0.6 is 0 Å². The molecule has 10 heavy (non-hydrogen) atoms. The zero-order valence-electron chi connectivity index (χ0n) is 5.23. The molecule has 58 valence electrons. The van der Waals surface area contributed by atoms with Gasteiger partial charge < -0.3 is 5.11 Å². The van der Waals surface area contributed by atoms with Gasteiger partial charge in [0.2, 0.25) is 5.78 Å². The number of halogens is 2. The van der Waals surface area contributed by atoms with E-state index in [1.165, 1.54) is 0 Å². The van der Waals surface area contributed by atoms with Crippen molar-refractivity contribution in [3.63, 3.8) is 0 Å². The van der Waals surface area contributed by atoms with Crippen LogP contribution in [0.4, 0.5) is 8.78 Å². The monoisotopic (exact) mass is 152 g/mol. The molecule has 0 rings (SSSR count). The summed E-state index contributed by atoms with van der Waals surface area (Å²) in [5, 5.41) is 7.86. The molecular weight excluding hydrogens is 146 g/mol. The SMILES string of the molecule is CC(F)(F)CC(=O)C(=O)O. The maximum Gasteiger partial charge on any atom is 0.372 e.